The van der Waals surface area contributed by atoms with E-state index in [0.717, 1.165) is 11.1 Å². The fraction of sp³-hybridized carbons (Fsp3) is 0.0952. The second kappa shape index (κ2) is 7.86. The van der Waals surface area contributed by atoms with Crippen molar-refractivity contribution in [2.24, 2.45) is 0 Å². The van der Waals surface area contributed by atoms with Gasteiger partial charge in [-0.15, -0.1) is 0 Å². The van der Waals surface area contributed by atoms with Crippen molar-refractivity contribution < 1.29 is 9.90 Å². The molecule has 2 N–H and O–H groups in total. The molecule has 126 valence electrons. The van der Waals surface area contributed by atoms with Crippen molar-refractivity contribution in [3.05, 3.63) is 101 Å². The van der Waals surface area contributed by atoms with Gasteiger partial charge in [-0.25, -0.2) is 0 Å². The zero-order valence-electron chi connectivity index (χ0n) is 13.5. The third kappa shape index (κ3) is 4.20. The molecule has 3 aromatic rings. The summed E-state index contributed by atoms with van der Waals surface area (Å²) in [5.41, 5.74) is 2.40. The number of carbonyl (C=O) groups excluding carboxylic acids is 1. The van der Waals surface area contributed by atoms with Crippen LogP contribution in [-0.4, -0.2) is 17.6 Å². The van der Waals surface area contributed by atoms with E-state index in [1.54, 1.807) is 6.07 Å². The molecule has 0 radical (unpaired) electrons. The van der Waals surface area contributed by atoms with Gasteiger partial charge < -0.3 is 10.4 Å². The molecule has 3 rings (SSSR count). The van der Waals surface area contributed by atoms with Crippen molar-refractivity contribution in [2.75, 3.05) is 6.54 Å². The molecule has 0 unspecified atom stereocenters. The van der Waals surface area contributed by atoms with E-state index in [1.165, 1.54) is 12.1 Å². The molecule has 0 aliphatic rings. The molecule has 0 saturated heterocycles. The molecule has 0 atom stereocenters. The number of benzene rings is 3. The van der Waals surface area contributed by atoms with Gasteiger partial charge in [0.1, 0.15) is 5.75 Å². The topological polar surface area (TPSA) is 49.3 Å². The molecule has 0 saturated carbocycles. The summed E-state index contributed by atoms with van der Waals surface area (Å²) in [5.74, 6) is -0.414. The quantitative estimate of drug-likeness (QED) is 0.705. The lowest BCUT2D eigenvalue weighted by Crippen LogP contribution is -2.29. The number of hydrogen-bond acceptors (Lipinski definition) is 2. The Morgan fingerprint density at radius 3 is 2.04 bits per heavy atom. The number of halogens is 1. The SMILES string of the molecule is O=C(NCC(c1ccccc1)c1ccccc1)c1cc(Cl)ccc1O. The van der Waals surface area contributed by atoms with E-state index >= 15 is 0 Å². The molecule has 4 heteroatoms. The zero-order chi connectivity index (χ0) is 17.6. The second-order valence-corrected chi connectivity index (χ2v) is 6.18. The van der Waals surface area contributed by atoms with Crippen LogP contribution < -0.4 is 5.32 Å². The lowest BCUT2D eigenvalue weighted by atomic mass is 9.91. The molecular weight excluding hydrogens is 334 g/mol. The van der Waals surface area contributed by atoms with E-state index in [2.05, 4.69) is 5.32 Å². The Morgan fingerprint density at radius 1 is 0.920 bits per heavy atom. The van der Waals surface area contributed by atoms with Crippen molar-refractivity contribution in [2.45, 2.75) is 5.92 Å². The van der Waals surface area contributed by atoms with E-state index in [0.29, 0.717) is 11.6 Å². The number of phenolic OH excluding ortho intramolecular Hbond substituents is 1. The monoisotopic (exact) mass is 351 g/mol. The zero-order valence-corrected chi connectivity index (χ0v) is 14.3. The maximum Gasteiger partial charge on any atom is 0.255 e. The highest BCUT2D eigenvalue weighted by Gasteiger charge is 2.17. The summed E-state index contributed by atoms with van der Waals surface area (Å²) >= 11 is 5.92. The number of phenols is 1. The van der Waals surface area contributed by atoms with Crippen molar-refractivity contribution in [3.8, 4) is 5.75 Å². The van der Waals surface area contributed by atoms with Gasteiger partial charge in [0, 0.05) is 17.5 Å². The highest BCUT2D eigenvalue weighted by Crippen LogP contribution is 2.25. The summed E-state index contributed by atoms with van der Waals surface area (Å²) in [4.78, 5) is 12.5. The molecule has 3 aromatic carbocycles. The number of carbonyl (C=O) groups is 1. The Hall–Kier alpha value is -2.78. The van der Waals surface area contributed by atoms with Gasteiger partial charge >= 0.3 is 0 Å². The van der Waals surface area contributed by atoms with Crippen LogP contribution >= 0.6 is 11.6 Å². The summed E-state index contributed by atoms with van der Waals surface area (Å²) in [6.07, 6.45) is 0. The predicted molar refractivity (Wildman–Crippen MR) is 100 cm³/mol. The maximum absolute atomic E-state index is 12.5. The van der Waals surface area contributed by atoms with Crippen molar-refractivity contribution >= 4 is 17.5 Å². The van der Waals surface area contributed by atoms with E-state index in [9.17, 15) is 9.90 Å². The molecule has 0 aromatic heterocycles. The Kier molecular flexibility index (Phi) is 5.36. The van der Waals surface area contributed by atoms with Gasteiger partial charge in [-0.05, 0) is 29.3 Å². The normalized spacial score (nSPS) is 10.6. The number of aromatic hydroxyl groups is 1. The lowest BCUT2D eigenvalue weighted by Gasteiger charge is -2.19. The summed E-state index contributed by atoms with van der Waals surface area (Å²) in [6, 6.07) is 24.5. The fourth-order valence-corrected chi connectivity index (χ4v) is 2.95. The van der Waals surface area contributed by atoms with Crippen molar-refractivity contribution in [1.29, 1.82) is 0 Å². The van der Waals surface area contributed by atoms with Crippen LogP contribution in [-0.2, 0) is 0 Å². The molecule has 0 fully saturated rings. The number of nitrogens with one attached hydrogen (secondary N) is 1. The van der Waals surface area contributed by atoms with E-state index < -0.39 is 0 Å². The minimum absolute atomic E-state index is 0.0210. The average molecular weight is 352 g/mol. The van der Waals surface area contributed by atoms with Crippen LogP contribution in [0, 0.1) is 0 Å². The van der Waals surface area contributed by atoms with E-state index in [4.69, 9.17) is 11.6 Å². The van der Waals surface area contributed by atoms with Crippen molar-refractivity contribution in [3.63, 3.8) is 0 Å². The van der Waals surface area contributed by atoms with Crippen LogP contribution in [0.25, 0.3) is 0 Å². The van der Waals surface area contributed by atoms with Crippen LogP contribution in [0.1, 0.15) is 27.4 Å². The van der Waals surface area contributed by atoms with Gasteiger partial charge in [0.2, 0.25) is 0 Å². The van der Waals surface area contributed by atoms with Gasteiger partial charge in [-0.2, -0.15) is 0 Å². The third-order valence-corrected chi connectivity index (χ3v) is 4.31. The highest BCUT2D eigenvalue weighted by molar-refractivity contribution is 6.31. The minimum Gasteiger partial charge on any atom is -0.507 e. The van der Waals surface area contributed by atoms with Crippen LogP contribution in [0.3, 0.4) is 0 Å². The minimum atomic E-state index is -0.350. The van der Waals surface area contributed by atoms with Crippen molar-refractivity contribution in [1.82, 2.24) is 5.32 Å². The highest BCUT2D eigenvalue weighted by atomic mass is 35.5. The molecule has 0 aliphatic carbocycles. The van der Waals surface area contributed by atoms with Crippen LogP contribution in [0.2, 0.25) is 5.02 Å². The van der Waals surface area contributed by atoms with E-state index in [-0.39, 0.29) is 23.1 Å². The Balaban J connectivity index is 1.82. The largest absolute Gasteiger partial charge is 0.507 e. The molecule has 3 nitrogen and oxygen atoms in total. The molecule has 0 heterocycles. The summed E-state index contributed by atoms with van der Waals surface area (Å²) in [6.45, 7) is 0.415. The molecular formula is C21H18ClNO2. The average Bonchev–Trinajstić information content (AvgIpc) is 2.65. The summed E-state index contributed by atoms with van der Waals surface area (Å²) in [5, 5.41) is 13.2. The van der Waals surface area contributed by atoms with Gasteiger partial charge in [-0.1, -0.05) is 72.3 Å². The molecule has 0 spiro atoms. The first kappa shape index (κ1) is 17.1. The van der Waals surface area contributed by atoms with Gasteiger partial charge in [-0.3, -0.25) is 4.79 Å². The fourth-order valence-electron chi connectivity index (χ4n) is 2.78. The molecule has 0 aliphatic heterocycles. The molecule has 25 heavy (non-hydrogen) atoms. The summed E-state index contributed by atoms with van der Waals surface area (Å²) in [7, 11) is 0. The second-order valence-electron chi connectivity index (χ2n) is 5.75. The molecule has 0 bridgehead atoms. The Morgan fingerprint density at radius 2 is 1.48 bits per heavy atom. The van der Waals surface area contributed by atoms with Crippen LogP contribution in [0.4, 0.5) is 0 Å². The number of hydrogen-bond donors (Lipinski definition) is 2. The van der Waals surface area contributed by atoms with Gasteiger partial charge in [0.15, 0.2) is 0 Å². The smallest absolute Gasteiger partial charge is 0.255 e. The number of rotatable bonds is 5. The maximum atomic E-state index is 12.5. The lowest BCUT2D eigenvalue weighted by molar-refractivity contribution is 0.0950. The molecule has 1 amide bonds. The third-order valence-electron chi connectivity index (χ3n) is 4.07. The van der Waals surface area contributed by atoms with E-state index in [1.807, 2.05) is 60.7 Å². The standard InChI is InChI=1S/C21H18ClNO2/c22-17-11-12-20(24)18(13-17)21(25)23-14-19(15-7-3-1-4-8-15)16-9-5-2-6-10-16/h1-13,19,24H,14H2,(H,23,25). The first-order valence-corrected chi connectivity index (χ1v) is 8.39. The van der Waals surface area contributed by atoms with Gasteiger partial charge in [0.25, 0.3) is 5.91 Å². The van der Waals surface area contributed by atoms with Crippen LogP contribution in [0.15, 0.2) is 78.9 Å². The Bertz CT molecular complexity index is 811. The summed E-state index contributed by atoms with van der Waals surface area (Å²) < 4.78 is 0. The first-order valence-electron chi connectivity index (χ1n) is 8.02. The van der Waals surface area contributed by atoms with Crippen LogP contribution in [0.5, 0.6) is 5.75 Å². The first-order chi connectivity index (χ1) is 12.1. The van der Waals surface area contributed by atoms with Gasteiger partial charge in [0.05, 0.1) is 5.56 Å². The Labute approximate surface area is 151 Å². The number of amides is 1. The predicted octanol–water partition coefficient (Wildman–Crippen LogP) is 4.61.